The van der Waals surface area contributed by atoms with Crippen LogP contribution in [0.3, 0.4) is 0 Å². The average molecular weight is 218 g/mol. The van der Waals surface area contributed by atoms with Crippen molar-refractivity contribution in [3.05, 3.63) is 35.8 Å². The molecule has 0 amide bonds. The Bertz CT molecular complexity index is 548. The van der Waals surface area contributed by atoms with Crippen molar-refractivity contribution in [3.8, 4) is 5.82 Å². The maximum Gasteiger partial charge on any atom is 0.358 e. The van der Waals surface area contributed by atoms with Crippen LogP contribution in [0, 0.1) is 13.8 Å². The standard InChI is InChI=1S/C10H10N4O2/c1-6-7(2)14(5-13-6)9-8(10(15)16)11-3-4-12-9/h3-5H,1-2H3,(H,15,16). The first-order valence-electron chi connectivity index (χ1n) is 4.66. The highest BCUT2D eigenvalue weighted by atomic mass is 16.4. The lowest BCUT2D eigenvalue weighted by Crippen LogP contribution is -2.10. The number of hydrogen-bond donors (Lipinski definition) is 1. The minimum atomic E-state index is -1.10. The highest BCUT2D eigenvalue weighted by Crippen LogP contribution is 2.13. The summed E-state index contributed by atoms with van der Waals surface area (Å²) in [7, 11) is 0. The molecule has 2 aromatic heterocycles. The molecule has 0 aliphatic rings. The molecule has 2 aromatic rings. The molecule has 0 radical (unpaired) electrons. The van der Waals surface area contributed by atoms with Gasteiger partial charge in [-0.1, -0.05) is 0 Å². The molecule has 16 heavy (non-hydrogen) atoms. The molecular formula is C10H10N4O2. The molecule has 0 unspecified atom stereocenters. The van der Waals surface area contributed by atoms with Gasteiger partial charge >= 0.3 is 5.97 Å². The highest BCUT2D eigenvalue weighted by molar-refractivity contribution is 5.88. The van der Waals surface area contributed by atoms with Gasteiger partial charge in [-0.2, -0.15) is 0 Å². The molecular weight excluding hydrogens is 208 g/mol. The molecule has 0 aromatic carbocycles. The number of hydrogen-bond acceptors (Lipinski definition) is 4. The maximum atomic E-state index is 11.0. The van der Waals surface area contributed by atoms with Gasteiger partial charge in [0.2, 0.25) is 0 Å². The SMILES string of the molecule is Cc1ncn(-c2nccnc2C(=O)O)c1C. The summed E-state index contributed by atoms with van der Waals surface area (Å²) in [6.07, 6.45) is 4.35. The van der Waals surface area contributed by atoms with Gasteiger partial charge in [0.05, 0.1) is 5.69 Å². The van der Waals surface area contributed by atoms with Gasteiger partial charge in [-0.25, -0.2) is 19.7 Å². The second-order valence-electron chi connectivity index (χ2n) is 3.32. The van der Waals surface area contributed by atoms with Gasteiger partial charge in [-0.15, -0.1) is 0 Å². The lowest BCUT2D eigenvalue weighted by atomic mass is 10.3. The molecule has 0 aliphatic heterocycles. The van der Waals surface area contributed by atoms with Gasteiger partial charge in [0.15, 0.2) is 11.5 Å². The van der Waals surface area contributed by atoms with E-state index in [4.69, 9.17) is 5.11 Å². The van der Waals surface area contributed by atoms with E-state index < -0.39 is 5.97 Å². The minimum Gasteiger partial charge on any atom is -0.476 e. The molecule has 0 saturated heterocycles. The van der Waals surface area contributed by atoms with Crippen LogP contribution in [0.5, 0.6) is 0 Å². The molecule has 2 heterocycles. The zero-order valence-electron chi connectivity index (χ0n) is 8.88. The Morgan fingerprint density at radius 2 is 1.94 bits per heavy atom. The monoisotopic (exact) mass is 218 g/mol. The van der Waals surface area contributed by atoms with Crippen LogP contribution in [0.25, 0.3) is 5.82 Å². The summed E-state index contributed by atoms with van der Waals surface area (Å²) in [5, 5.41) is 8.99. The van der Waals surface area contributed by atoms with Crippen LogP contribution in [0.15, 0.2) is 18.7 Å². The van der Waals surface area contributed by atoms with Crippen LogP contribution in [0.4, 0.5) is 0 Å². The molecule has 2 rings (SSSR count). The van der Waals surface area contributed by atoms with E-state index in [9.17, 15) is 4.79 Å². The van der Waals surface area contributed by atoms with Crippen molar-refractivity contribution >= 4 is 5.97 Å². The van der Waals surface area contributed by atoms with Gasteiger partial charge in [0.1, 0.15) is 6.33 Å². The zero-order chi connectivity index (χ0) is 11.7. The molecule has 0 bridgehead atoms. The summed E-state index contributed by atoms with van der Waals surface area (Å²) in [4.78, 5) is 22.9. The van der Waals surface area contributed by atoms with Gasteiger partial charge < -0.3 is 5.11 Å². The summed E-state index contributed by atoms with van der Waals surface area (Å²) in [5.74, 6) is -0.818. The Morgan fingerprint density at radius 3 is 2.50 bits per heavy atom. The first-order chi connectivity index (χ1) is 7.61. The molecule has 1 N–H and O–H groups in total. The predicted molar refractivity (Wildman–Crippen MR) is 55.6 cm³/mol. The van der Waals surface area contributed by atoms with Crippen molar-refractivity contribution in [2.24, 2.45) is 0 Å². The topological polar surface area (TPSA) is 80.9 Å². The third-order valence-corrected chi connectivity index (χ3v) is 2.36. The van der Waals surface area contributed by atoms with Crippen molar-refractivity contribution in [2.75, 3.05) is 0 Å². The molecule has 0 saturated carbocycles. The van der Waals surface area contributed by atoms with Crippen LogP contribution in [-0.4, -0.2) is 30.6 Å². The fourth-order valence-electron chi connectivity index (χ4n) is 1.37. The van der Waals surface area contributed by atoms with Crippen LogP contribution < -0.4 is 0 Å². The van der Waals surface area contributed by atoms with E-state index in [0.29, 0.717) is 0 Å². The summed E-state index contributed by atoms with van der Waals surface area (Å²) in [5.41, 5.74) is 1.60. The molecule has 0 aliphatic carbocycles. The predicted octanol–water partition coefficient (Wildman–Crippen LogP) is 0.977. The fourth-order valence-corrected chi connectivity index (χ4v) is 1.37. The van der Waals surface area contributed by atoms with E-state index in [2.05, 4.69) is 15.0 Å². The van der Waals surface area contributed by atoms with E-state index in [1.165, 1.54) is 12.4 Å². The van der Waals surface area contributed by atoms with Crippen LogP contribution >= 0.6 is 0 Å². The first kappa shape index (κ1) is 10.3. The summed E-state index contributed by atoms with van der Waals surface area (Å²) in [6.45, 7) is 3.70. The number of imidazole rings is 1. The van der Waals surface area contributed by atoms with Gasteiger partial charge in [0.25, 0.3) is 0 Å². The van der Waals surface area contributed by atoms with Crippen LogP contribution in [0.2, 0.25) is 0 Å². The lowest BCUT2D eigenvalue weighted by Gasteiger charge is -2.06. The van der Waals surface area contributed by atoms with Crippen molar-refractivity contribution in [1.29, 1.82) is 0 Å². The quantitative estimate of drug-likeness (QED) is 0.812. The smallest absolute Gasteiger partial charge is 0.358 e. The largest absolute Gasteiger partial charge is 0.476 e. The number of aromatic nitrogens is 4. The van der Waals surface area contributed by atoms with E-state index in [1.54, 1.807) is 10.9 Å². The Hall–Kier alpha value is -2.24. The normalized spacial score (nSPS) is 10.4. The molecule has 6 nitrogen and oxygen atoms in total. The van der Waals surface area contributed by atoms with Crippen molar-refractivity contribution in [2.45, 2.75) is 13.8 Å². The van der Waals surface area contributed by atoms with Gasteiger partial charge in [-0.3, -0.25) is 4.57 Å². The number of carboxylic acids is 1. The molecule has 0 atom stereocenters. The van der Waals surface area contributed by atoms with Crippen LogP contribution in [-0.2, 0) is 0 Å². The van der Waals surface area contributed by atoms with E-state index in [-0.39, 0.29) is 11.5 Å². The maximum absolute atomic E-state index is 11.0. The third kappa shape index (κ3) is 1.54. The van der Waals surface area contributed by atoms with E-state index in [1.807, 2.05) is 13.8 Å². The Morgan fingerprint density at radius 1 is 1.25 bits per heavy atom. The van der Waals surface area contributed by atoms with E-state index >= 15 is 0 Å². The first-order valence-corrected chi connectivity index (χ1v) is 4.66. The molecule has 0 spiro atoms. The second-order valence-corrected chi connectivity index (χ2v) is 3.32. The average Bonchev–Trinajstić information content (AvgIpc) is 2.60. The number of carboxylic acid groups (broad SMARTS) is 1. The number of aryl methyl sites for hydroxylation is 1. The zero-order valence-corrected chi connectivity index (χ0v) is 8.88. The van der Waals surface area contributed by atoms with Crippen molar-refractivity contribution in [1.82, 2.24) is 19.5 Å². The highest BCUT2D eigenvalue weighted by Gasteiger charge is 2.16. The Labute approximate surface area is 91.6 Å². The van der Waals surface area contributed by atoms with Crippen molar-refractivity contribution < 1.29 is 9.90 Å². The Kier molecular flexibility index (Phi) is 2.40. The number of aromatic carboxylic acids is 1. The van der Waals surface area contributed by atoms with E-state index in [0.717, 1.165) is 11.4 Å². The molecule has 0 fully saturated rings. The summed E-state index contributed by atoms with van der Waals surface area (Å²) in [6, 6.07) is 0. The van der Waals surface area contributed by atoms with Gasteiger partial charge in [0, 0.05) is 18.1 Å². The number of carbonyl (C=O) groups is 1. The number of rotatable bonds is 2. The summed E-state index contributed by atoms with van der Waals surface area (Å²) >= 11 is 0. The van der Waals surface area contributed by atoms with Crippen LogP contribution in [0.1, 0.15) is 21.9 Å². The van der Waals surface area contributed by atoms with Gasteiger partial charge in [-0.05, 0) is 13.8 Å². The van der Waals surface area contributed by atoms with Crippen molar-refractivity contribution in [3.63, 3.8) is 0 Å². The third-order valence-electron chi connectivity index (χ3n) is 2.36. The molecule has 82 valence electrons. The minimum absolute atomic E-state index is 0.0806. The number of nitrogens with zero attached hydrogens (tertiary/aromatic N) is 4. The fraction of sp³-hybridized carbons (Fsp3) is 0.200. The molecule has 6 heteroatoms. The second kappa shape index (κ2) is 3.73. The lowest BCUT2D eigenvalue weighted by molar-refractivity contribution is 0.0690. The Balaban J connectivity index is 2.64. The summed E-state index contributed by atoms with van der Waals surface area (Å²) < 4.78 is 1.62.